The molecule has 20 heavy (non-hydrogen) atoms. The molecule has 0 saturated heterocycles. The van der Waals surface area contributed by atoms with Crippen LogP contribution < -0.4 is 14.8 Å². The van der Waals surface area contributed by atoms with Crippen molar-refractivity contribution in [2.45, 2.75) is 0 Å². The average Bonchev–Trinajstić information content (AvgIpc) is 2.96. The van der Waals surface area contributed by atoms with E-state index in [4.69, 9.17) is 9.47 Å². The molecule has 0 aliphatic heterocycles. The molecule has 0 unspecified atom stereocenters. The summed E-state index contributed by atoms with van der Waals surface area (Å²) in [6.07, 6.45) is 1.93. The molecule has 0 spiro atoms. The Labute approximate surface area is 117 Å². The van der Waals surface area contributed by atoms with Gasteiger partial charge in [-0.15, -0.1) is 0 Å². The molecule has 0 atom stereocenters. The van der Waals surface area contributed by atoms with Crippen LogP contribution in [-0.2, 0) is 0 Å². The number of hydrogen-bond donors (Lipinski definition) is 2. The topological polar surface area (TPSA) is 46.3 Å². The highest BCUT2D eigenvalue weighted by Crippen LogP contribution is 2.37. The number of aromatic amines is 1. The SMILES string of the molecule is COc1cccc(Nc2cccc3[nH]ccc23)c1OC. The van der Waals surface area contributed by atoms with Crippen LogP contribution in [0.15, 0.2) is 48.7 Å². The number of anilines is 2. The van der Waals surface area contributed by atoms with Crippen LogP contribution in [0.2, 0.25) is 0 Å². The number of benzene rings is 2. The first-order chi connectivity index (χ1) is 9.83. The van der Waals surface area contributed by atoms with Gasteiger partial charge in [0.1, 0.15) is 0 Å². The lowest BCUT2D eigenvalue weighted by molar-refractivity contribution is 0.356. The van der Waals surface area contributed by atoms with Crippen molar-refractivity contribution in [1.29, 1.82) is 0 Å². The Morgan fingerprint density at radius 1 is 0.900 bits per heavy atom. The third-order valence-corrected chi connectivity index (χ3v) is 3.27. The normalized spacial score (nSPS) is 10.5. The lowest BCUT2D eigenvalue weighted by Gasteiger charge is -2.14. The van der Waals surface area contributed by atoms with Crippen LogP contribution in [0, 0.1) is 0 Å². The molecule has 1 aromatic heterocycles. The molecular formula is C16H16N2O2. The van der Waals surface area contributed by atoms with Gasteiger partial charge in [0.2, 0.25) is 0 Å². The van der Waals surface area contributed by atoms with Gasteiger partial charge in [-0.2, -0.15) is 0 Å². The third kappa shape index (κ3) is 2.05. The van der Waals surface area contributed by atoms with Crippen molar-refractivity contribution < 1.29 is 9.47 Å². The maximum absolute atomic E-state index is 5.44. The standard InChI is InChI=1S/C16H16N2O2/c1-19-15-8-4-7-14(16(15)20-2)18-13-6-3-5-12-11(13)9-10-17-12/h3-10,17-18H,1-2H3. The second-order valence-electron chi connectivity index (χ2n) is 4.41. The minimum absolute atomic E-state index is 0.697. The molecule has 0 saturated carbocycles. The average molecular weight is 268 g/mol. The summed E-state index contributed by atoms with van der Waals surface area (Å²) in [6.45, 7) is 0. The first-order valence-corrected chi connectivity index (χ1v) is 6.37. The van der Waals surface area contributed by atoms with Gasteiger partial charge in [0.15, 0.2) is 11.5 Å². The zero-order chi connectivity index (χ0) is 13.9. The van der Waals surface area contributed by atoms with Crippen molar-refractivity contribution >= 4 is 22.3 Å². The van der Waals surface area contributed by atoms with E-state index < -0.39 is 0 Å². The quantitative estimate of drug-likeness (QED) is 0.753. The molecule has 102 valence electrons. The molecule has 2 N–H and O–H groups in total. The predicted octanol–water partition coefficient (Wildman–Crippen LogP) is 3.93. The number of H-pyrrole nitrogens is 1. The zero-order valence-electron chi connectivity index (χ0n) is 11.4. The molecule has 0 aliphatic carbocycles. The van der Waals surface area contributed by atoms with Crippen molar-refractivity contribution in [3.8, 4) is 11.5 Å². The van der Waals surface area contributed by atoms with Gasteiger partial charge in [0.25, 0.3) is 0 Å². The van der Waals surface area contributed by atoms with Crippen molar-refractivity contribution in [3.63, 3.8) is 0 Å². The summed E-state index contributed by atoms with van der Waals surface area (Å²) in [5.41, 5.74) is 2.99. The Balaban J connectivity index is 2.05. The van der Waals surface area contributed by atoms with Gasteiger partial charge < -0.3 is 19.8 Å². The van der Waals surface area contributed by atoms with Gasteiger partial charge >= 0.3 is 0 Å². The van der Waals surface area contributed by atoms with Gasteiger partial charge in [-0.25, -0.2) is 0 Å². The van der Waals surface area contributed by atoms with Gasteiger partial charge in [-0.05, 0) is 30.3 Å². The minimum Gasteiger partial charge on any atom is -0.493 e. The summed E-state index contributed by atoms with van der Waals surface area (Å²) >= 11 is 0. The number of rotatable bonds is 4. The molecule has 0 fully saturated rings. The Hall–Kier alpha value is -2.62. The minimum atomic E-state index is 0.697. The van der Waals surface area contributed by atoms with E-state index in [9.17, 15) is 0 Å². The zero-order valence-corrected chi connectivity index (χ0v) is 11.4. The smallest absolute Gasteiger partial charge is 0.184 e. The lowest BCUT2D eigenvalue weighted by Crippen LogP contribution is -1.97. The number of para-hydroxylation sites is 1. The molecule has 1 heterocycles. The maximum atomic E-state index is 5.44. The largest absolute Gasteiger partial charge is 0.493 e. The number of nitrogens with one attached hydrogen (secondary N) is 2. The van der Waals surface area contributed by atoms with E-state index in [-0.39, 0.29) is 0 Å². The van der Waals surface area contributed by atoms with Crippen molar-refractivity contribution in [1.82, 2.24) is 4.98 Å². The second kappa shape index (κ2) is 5.17. The molecule has 4 heteroatoms. The summed E-state index contributed by atoms with van der Waals surface area (Å²) in [4.78, 5) is 3.20. The number of ether oxygens (including phenoxy) is 2. The van der Waals surface area contributed by atoms with Crippen LogP contribution in [0.5, 0.6) is 11.5 Å². The second-order valence-corrected chi connectivity index (χ2v) is 4.41. The Kier molecular flexibility index (Phi) is 3.21. The molecule has 4 nitrogen and oxygen atoms in total. The Bertz CT molecular complexity index is 734. The van der Waals surface area contributed by atoms with E-state index in [1.165, 1.54) is 0 Å². The van der Waals surface area contributed by atoms with Gasteiger partial charge in [-0.3, -0.25) is 0 Å². The number of aromatic nitrogens is 1. The number of methoxy groups -OCH3 is 2. The van der Waals surface area contributed by atoms with Gasteiger partial charge in [0, 0.05) is 22.8 Å². The first kappa shape index (κ1) is 12.4. The van der Waals surface area contributed by atoms with Gasteiger partial charge in [-0.1, -0.05) is 12.1 Å². The number of fused-ring (bicyclic) bond motifs is 1. The highest BCUT2D eigenvalue weighted by atomic mass is 16.5. The molecule has 0 bridgehead atoms. The Morgan fingerprint density at radius 2 is 1.70 bits per heavy atom. The summed E-state index contributed by atoms with van der Waals surface area (Å²) in [7, 11) is 3.27. The molecule has 0 amide bonds. The molecular weight excluding hydrogens is 252 g/mol. The van der Waals surface area contributed by atoms with E-state index in [0.29, 0.717) is 11.5 Å². The highest BCUT2D eigenvalue weighted by Gasteiger charge is 2.10. The third-order valence-electron chi connectivity index (χ3n) is 3.27. The van der Waals surface area contributed by atoms with Crippen molar-refractivity contribution in [3.05, 3.63) is 48.7 Å². The Morgan fingerprint density at radius 3 is 2.50 bits per heavy atom. The van der Waals surface area contributed by atoms with Crippen LogP contribution in [0.3, 0.4) is 0 Å². The van der Waals surface area contributed by atoms with Crippen LogP contribution in [0.25, 0.3) is 10.9 Å². The van der Waals surface area contributed by atoms with Crippen LogP contribution in [0.4, 0.5) is 11.4 Å². The summed E-state index contributed by atoms with van der Waals surface area (Å²) in [5, 5.41) is 4.54. The van der Waals surface area contributed by atoms with Crippen molar-refractivity contribution in [2.24, 2.45) is 0 Å². The van der Waals surface area contributed by atoms with Crippen LogP contribution in [0.1, 0.15) is 0 Å². The predicted molar refractivity (Wildman–Crippen MR) is 81.1 cm³/mol. The van der Waals surface area contributed by atoms with Gasteiger partial charge in [0.05, 0.1) is 19.9 Å². The van der Waals surface area contributed by atoms with E-state index >= 15 is 0 Å². The van der Waals surface area contributed by atoms with E-state index in [0.717, 1.165) is 22.3 Å². The summed E-state index contributed by atoms with van der Waals surface area (Å²) in [6, 6.07) is 13.9. The fourth-order valence-electron chi connectivity index (χ4n) is 2.33. The monoisotopic (exact) mass is 268 g/mol. The van der Waals surface area contributed by atoms with Crippen LogP contribution in [-0.4, -0.2) is 19.2 Å². The molecule has 0 aliphatic rings. The van der Waals surface area contributed by atoms with Crippen molar-refractivity contribution in [2.75, 3.05) is 19.5 Å². The van der Waals surface area contributed by atoms with E-state index in [1.807, 2.05) is 48.7 Å². The molecule has 2 aromatic carbocycles. The lowest BCUT2D eigenvalue weighted by atomic mass is 10.2. The molecule has 0 radical (unpaired) electrons. The number of hydrogen-bond acceptors (Lipinski definition) is 3. The fourth-order valence-corrected chi connectivity index (χ4v) is 2.33. The summed E-state index contributed by atoms with van der Waals surface area (Å²) in [5.74, 6) is 1.40. The highest BCUT2D eigenvalue weighted by molar-refractivity contribution is 5.94. The molecule has 3 rings (SSSR count). The fraction of sp³-hybridized carbons (Fsp3) is 0.125. The summed E-state index contributed by atoms with van der Waals surface area (Å²) < 4.78 is 10.8. The molecule has 3 aromatic rings. The van der Waals surface area contributed by atoms with Crippen LogP contribution >= 0.6 is 0 Å². The maximum Gasteiger partial charge on any atom is 0.184 e. The van der Waals surface area contributed by atoms with E-state index in [2.05, 4.69) is 10.3 Å². The first-order valence-electron chi connectivity index (χ1n) is 6.37. The van der Waals surface area contributed by atoms with E-state index in [1.54, 1.807) is 14.2 Å².